The summed E-state index contributed by atoms with van der Waals surface area (Å²) in [6.45, 7) is 4.10. The molecule has 0 saturated carbocycles. The minimum Gasteiger partial charge on any atom is -0.455 e. The molecule has 0 amide bonds. The largest absolute Gasteiger partial charge is 0.455 e. The van der Waals surface area contributed by atoms with Crippen molar-refractivity contribution in [3.05, 3.63) is 78.0 Å². The van der Waals surface area contributed by atoms with Gasteiger partial charge in [0.1, 0.15) is 11.5 Å². The van der Waals surface area contributed by atoms with E-state index < -0.39 is 0 Å². The van der Waals surface area contributed by atoms with Crippen LogP contribution >= 0.6 is 0 Å². The summed E-state index contributed by atoms with van der Waals surface area (Å²) in [6.07, 6.45) is 1.77. The van der Waals surface area contributed by atoms with Gasteiger partial charge in [-0.05, 0) is 37.1 Å². The van der Waals surface area contributed by atoms with Gasteiger partial charge in [0.15, 0.2) is 0 Å². The van der Waals surface area contributed by atoms with E-state index in [2.05, 4.69) is 4.98 Å². The summed E-state index contributed by atoms with van der Waals surface area (Å²) in [5.41, 5.74) is 4.31. The fourth-order valence-corrected chi connectivity index (χ4v) is 2.30. The highest BCUT2D eigenvalue weighted by Crippen LogP contribution is 2.29. The molecule has 1 aromatic heterocycles. The summed E-state index contributed by atoms with van der Waals surface area (Å²) in [7, 11) is 0. The van der Waals surface area contributed by atoms with Gasteiger partial charge in [0, 0.05) is 5.56 Å². The van der Waals surface area contributed by atoms with Crippen molar-refractivity contribution >= 4 is 0 Å². The average Bonchev–Trinajstić information content (AvgIpc) is 2.53. The Labute approximate surface area is 125 Å². The lowest BCUT2D eigenvalue weighted by atomic mass is 10.1. The number of pyridine rings is 1. The Morgan fingerprint density at radius 3 is 2.10 bits per heavy atom. The predicted molar refractivity (Wildman–Crippen MR) is 85.7 cm³/mol. The van der Waals surface area contributed by atoms with E-state index in [4.69, 9.17) is 4.74 Å². The van der Waals surface area contributed by atoms with Crippen molar-refractivity contribution in [2.75, 3.05) is 0 Å². The summed E-state index contributed by atoms with van der Waals surface area (Å²) >= 11 is 0. The van der Waals surface area contributed by atoms with E-state index in [9.17, 15) is 0 Å². The molecule has 104 valence electrons. The maximum absolute atomic E-state index is 5.97. The fraction of sp³-hybridized carbons (Fsp3) is 0.105. The molecule has 0 N–H and O–H groups in total. The van der Waals surface area contributed by atoms with Gasteiger partial charge in [0.25, 0.3) is 0 Å². The van der Waals surface area contributed by atoms with Gasteiger partial charge in [0.05, 0.1) is 11.9 Å². The van der Waals surface area contributed by atoms with E-state index in [1.54, 1.807) is 6.20 Å². The van der Waals surface area contributed by atoms with Gasteiger partial charge < -0.3 is 4.74 Å². The van der Waals surface area contributed by atoms with Gasteiger partial charge in [-0.25, -0.2) is 0 Å². The van der Waals surface area contributed by atoms with Gasteiger partial charge in [0.2, 0.25) is 0 Å². The summed E-state index contributed by atoms with van der Waals surface area (Å²) in [6, 6.07) is 20.2. The Morgan fingerprint density at radius 1 is 0.762 bits per heavy atom. The highest BCUT2D eigenvalue weighted by Gasteiger charge is 2.05. The molecule has 2 aromatic carbocycles. The summed E-state index contributed by atoms with van der Waals surface area (Å²) in [4.78, 5) is 4.48. The molecule has 0 spiro atoms. The van der Waals surface area contributed by atoms with Gasteiger partial charge >= 0.3 is 0 Å². The maximum atomic E-state index is 5.97. The molecule has 1 heterocycles. The van der Waals surface area contributed by atoms with E-state index in [1.165, 1.54) is 0 Å². The smallest absolute Gasteiger partial charge is 0.145 e. The van der Waals surface area contributed by atoms with Crippen LogP contribution in [0.5, 0.6) is 11.5 Å². The summed E-state index contributed by atoms with van der Waals surface area (Å²) < 4.78 is 5.97. The van der Waals surface area contributed by atoms with Crippen LogP contribution in [0.25, 0.3) is 11.3 Å². The lowest BCUT2D eigenvalue weighted by Crippen LogP contribution is -1.92. The number of rotatable bonds is 3. The van der Waals surface area contributed by atoms with Crippen LogP contribution in [0.1, 0.15) is 11.1 Å². The van der Waals surface area contributed by atoms with E-state index >= 15 is 0 Å². The molecule has 0 aliphatic carbocycles. The Bertz CT molecular complexity index is 713. The van der Waals surface area contributed by atoms with Crippen molar-refractivity contribution in [3.8, 4) is 22.8 Å². The van der Waals surface area contributed by atoms with Crippen LogP contribution in [0.15, 0.2) is 66.9 Å². The van der Waals surface area contributed by atoms with Crippen molar-refractivity contribution in [1.82, 2.24) is 4.98 Å². The molecular formula is C19H17NO. The van der Waals surface area contributed by atoms with Crippen LogP contribution in [-0.2, 0) is 0 Å². The van der Waals surface area contributed by atoms with Crippen LogP contribution in [0.2, 0.25) is 0 Å². The second kappa shape index (κ2) is 5.80. The molecule has 0 unspecified atom stereocenters. The minimum absolute atomic E-state index is 0.757. The first kappa shape index (κ1) is 13.4. The standard InChI is InChI=1S/C19H17NO/c1-14-7-6-8-15(2)19(14)21-17-11-12-18(20-13-17)16-9-4-3-5-10-16/h3-13H,1-2H3. The van der Waals surface area contributed by atoms with Crippen molar-refractivity contribution in [2.24, 2.45) is 0 Å². The molecular weight excluding hydrogens is 258 g/mol. The number of aryl methyl sites for hydroxylation is 2. The lowest BCUT2D eigenvalue weighted by molar-refractivity contribution is 0.473. The predicted octanol–water partition coefficient (Wildman–Crippen LogP) is 5.16. The Hall–Kier alpha value is -2.61. The van der Waals surface area contributed by atoms with Crippen molar-refractivity contribution in [3.63, 3.8) is 0 Å². The molecule has 3 aromatic rings. The highest BCUT2D eigenvalue weighted by molar-refractivity contribution is 5.59. The molecule has 0 fully saturated rings. The normalized spacial score (nSPS) is 10.4. The molecule has 0 atom stereocenters. The molecule has 0 aliphatic rings. The monoisotopic (exact) mass is 275 g/mol. The number of ether oxygens (including phenoxy) is 1. The van der Waals surface area contributed by atoms with Crippen molar-refractivity contribution < 1.29 is 4.74 Å². The Morgan fingerprint density at radius 2 is 1.48 bits per heavy atom. The molecule has 2 nitrogen and oxygen atoms in total. The van der Waals surface area contributed by atoms with E-state index in [-0.39, 0.29) is 0 Å². The Kier molecular flexibility index (Phi) is 3.69. The number of benzene rings is 2. The second-order valence-corrected chi connectivity index (χ2v) is 5.07. The highest BCUT2D eigenvalue weighted by atomic mass is 16.5. The third-order valence-corrected chi connectivity index (χ3v) is 3.43. The van der Waals surface area contributed by atoms with Gasteiger partial charge in [-0.3, -0.25) is 4.98 Å². The third kappa shape index (κ3) is 2.95. The van der Waals surface area contributed by atoms with E-state index in [0.29, 0.717) is 0 Å². The Balaban J connectivity index is 1.85. The molecule has 0 saturated heterocycles. The zero-order valence-corrected chi connectivity index (χ0v) is 12.2. The van der Waals surface area contributed by atoms with Crippen LogP contribution in [-0.4, -0.2) is 4.98 Å². The van der Waals surface area contributed by atoms with Gasteiger partial charge in [-0.15, -0.1) is 0 Å². The number of hydrogen-bond acceptors (Lipinski definition) is 2. The van der Waals surface area contributed by atoms with E-state index in [1.807, 2.05) is 74.5 Å². The zero-order valence-electron chi connectivity index (χ0n) is 12.2. The van der Waals surface area contributed by atoms with Crippen molar-refractivity contribution in [2.45, 2.75) is 13.8 Å². The van der Waals surface area contributed by atoms with Gasteiger partial charge in [-0.2, -0.15) is 0 Å². The maximum Gasteiger partial charge on any atom is 0.145 e. The molecule has 21 heavy (non-hydrogen) atoms. The zero-order chi connectivity index (χ0) is 14.7. The number of nitrogens with zero attached hydrogens (tertiary/aromatic N) is 1. The number of para-hydroxylation sites is 1. The fourth-order valence-electron chi connectivity index (χ4n) is 2.30. The van der Waals surface area contributed by atoms with Crippen LogP contribution in [0.4, 0.5) is 0 Å². The third-order valence-electron chi connectivity index (χ3n) is 3.43. The first-order chi connectivity index (χ1) is 10.2. The minimum atomic E-state index is 0.757. The number of aromatic nitrogens is 1. The summed E-state index contributed by atoms with van der Waals surface area (Å²) in [5, 5.41) is 0. The molecule has 0 aliphatic heterocycles. The molecule has 0 radical (unpaired) electrons. The topological polar surface area (TPSA) is 22.1 Å². The quantitative estimate of drug-likeness (QED) is 0.659. The lowest BCUT2D eigenvalue weighted by Gasteiger charge is -2.11. The SMILES string of the molecule is Cc1cccc(C)c1Oc1ccc(-c2ccccc2)nc1. The van der Waals surface area contributed by atoms with Crippen molar-refractivity contribution in [1.29, 1.82) is 0 Å². The van der Waals surface area contributed by atoms with Crippen LogP contribution < -0.4 is 4.74 Å². The average molecular weight is 275 g/mol. The molecule has 0 bridgehead atoms. The van der Waals surface area contributed by atoms with Crippen LogP contribution in [0, 0.1) is 13.8 Å². The molecule has 3 rings (SSSR count). The van der Waals surface area contributed by atoms with Crippen LogP contribution in [0.3, 0.4) is 0 Å². The second-order valence-electron chi connectivity index (χ2n) is 5.07. The summed E-state index contributed by atoms with van der Waals surface area (Å²) in [5.74, 6) is 1.67. The first-order valence-corrected chi connectivity index (χ1v) is 6.99. The number of hydrogen-bond donors (Lipinski definition) is 0. The van der Waals surface area contributed by atoms with Gasteiger partial charge in [-0.1, -0.05) is 48.5 Å². The van der Waals surface area contributed by atoms with E-state index in [0.717, 1.165) is 33.9 Å². The first-order valence-electron chi connectivity index (χ1n) is 6.99. The molecule has 2 heteroatoms.